The van der Waals surface area contributed by atoms with E-state index in [1.54, 1.807) is 12.3 Å². The minimum Gasteiger partial charge on any atom is -0.493 e. The highest BCUT2D eigenvalue weighted by molar-refractivity contribution is 9.10. The molecule has 3 rings (SSSR count). The molecule has 0 fully saturated rings. The normalized spacial score (nSPS) is 12.6. The van der Waals surface area contributed by atoms with Gasteiger partial charge >= 0.3 is 0 Å². The summed E-state index contributed by atoms with van der Waals surface area (Å²) in [7, 11) is 0. The Morgan fingerprint density at radius 1 is 1.45 bits per heavy atom. The number of hydrogen-bond donors (Lipinski definition) is 0. The summed E-state index contributed by atoms with van der Waals surface area (Å²) in [5.74, 6) is 0.863. The summed E-state index contributed by atoms with van der Waals surface area (Å²) >= 11 is 3.48. The van der Waals surface area contributed by atoms with Crippen molar-refractivity contribution in [2.24, 2.45) is 0 Å². The molecule has 0 bridgehead atoms. The number of pyridine rings is 1. The topological polar surface area (TPSA) is 55.0 Å². The van der Waals surface area contributed by atoms with Gasteiger partial charge in [0.1, 0.15) is 17.4 Å². The SMILES string of the molecule is N#Cc1cccn(Cc2cc(Br)cc3c2OCC3)c1=O. The van der Waals surface area contributed by atoms with E-state index in [2.05, 4.69) is 15.9 Å². The fourth-order valence-electron chi connectivity index (χ4n) is 2.39. The lowest BCUT2D eigenvalue weighted by molar-refractivity contribution is 0.352. The lowest BCUT2D eigenvalue weighted by atomic mass is 10.1. The van der Waals surface area contributed by atoms with Crippen molar-refractivity contribution in [3.63, 3.8) is 0 Å². The summed E-state index contributed by atoms with van der Waals surface area (Å²) in [5, 5.41) is 8.91. The average molecular weight is 331 g/mol. The summed E-state index contributed by atoms with van der Waals surface area (Å²) in [6.45, 7) is 1.07. The second kappa shape index (κ2) is 5.14. The molecule has 1 aromatic carbocycles. The zero-order valence-electron chi connectivity index (χ0n) is 10.6. The molecule has 0 N–H and O–H groups in total. The van der Waals surface area contributed by atoms with Gasteiger partial charge in [0.15, 0.2) is 0 Å². The molecule has 5 heteroatoms. The highest BCUT2D eigenvalue weighted by atomic mass is 79.9. The van der Waals surface area contributed by atoms with Gasteiger partial charge in [0.25, 0.3) is 5.56 Å². The standard InChI is InChI=1S/C15H11BrN2O2/c16-13-6-10-3-5-20-14(10)12(7-13)9-18-4-1-2-11(8-17)15(18)19/h1-2,4,6-7H,3,5,9H2. The van der Waals surface area contributed by atoms with E-state index in [1.807, 2.05) is 18.2 Å². The maximum atomic E-state index is 12.1. The largest absolute Gasteiger partial charge is 0.493 e. The molecule has 0 saturated carbocycles. The predicted molar refractivity (Wildman–Crippen MR) is 77.9 cm³/mol. The van der Waals surface area contributed by atoms with Crippen LogP contribution in [-0.2, 0) is 13.0 Å². The van der Waals surface area contributed by atoms with Gasteiger partial charge in [-0.1, -0.05) is 15.9 Å². The molecule has 1 aliphatic rings. The smallest absolute Gasteiger partial charge is 0.268 e. The van der Waals surface area contributed by atoms with E-state index in [1.165, 1.54) is 10.6 Å². The first-order valence-electron chi connectivity index (χ1n) is 6.22. The third-order valence-corrected chi connectivity index (χ3v) is 3.76. The van der Waals surface area contributed by atoms with Crippen molar-refractivity contribution >= 4 is 15.9 Å². The molecule has 0 spiro atoms. The van der Waals surface area contributed by atoms with Gasteiger partial charge in [-0.05, 0) is 29.8 Å². The molecule has 20 heavy (non-hydrogen) atoms. The molecule has 0 unspecified atom stereocenters. The fourth-order valence-corrected chi connectivity index (χ4v) is 2.95. The van der Waals surface area contributed by atoms with Crippen LogP contribution in [0.15, 0.2) is 39.7 Å². The average Bonchev–Trinajstić information content (AvgIpc) is 2.89. The van der Waals surface area contributed by atoms with E-state index >= 15 is 0 Å². The molecule has 0 atom stereocenters. The summed E-state index contributed by atoms with van der Waals surface area (Å²) < 4.78 is 8.16. The molecular formula is C15H11BrN2O2. The quantitative estimate of drug-likeness (QED) is 0.849. The van der Waals surface area contributed by atoms with Gasteiger partial charge in [0.05, 0.1) is 13.2 Å². The molecule has 0 amide bonds. The first-order valence-corrected chi connectivity index (χ1v) is 7.02. The van der Waals surface area contributed by atoms with Gasteiger partial charge in [0.2, 0.25) is 0 Å². The minimum atomic E-state index is -0.276. The first kappa shape index (κ1) is 12.9. The van der Waals surface area contributed by atoms with Crippen molar-refractivity contribution in [2.75, 3.05) is 6.61 Å². The van der Waals surface area contributed by atoms with Crippen LogP contribution in [0.2, 0.25) is 0 Å². The number of rotatable bonds is 2. The fraction of sp³-hybridized carbons (Fsp3) is 0.200. The molecule has 2 aromatic rings. The molecule has 1 aliphatic heterocycles. The molecule has 4 nitrogen and oxygen atoms in total. The Kier molecular flexibility index (Phi) is 3.33. The highest BCUT2D eigenvalue weighted by Gasteiger charge is 2.18. The van der Waals surface area contributed by atoms with E-state index in [-0.39, 0.29) is 11.1 Å². The Morgan fingerprint density at radius 3 is 3.10 bits per heavy atom. The number of aromatic nitrogens is 1. The van der Waals surface area contributed by atoms with Gasteiger partial charge in [0, 0.05) is 22.7 Å². The second-order valence-corrected chi connectivity index (χ2v) is 5.53. The lowest BCUT2D eigenvalue weighted by Gasteiger charge is -2.11. The van der Waals surface area contributed by atoms with Gasteiger partial charge in [-0.2, -0.15) is 5.26 Å². The van der Waals surface area contributed by atoms with Gasteiger partial charge in [-0.25, -0.2) is 0 Å². The van der Waals surface area contributed by atoms with E-state index < -0.39 is 0 Å². The number of benzene rings is 1. The predicted octanol–water partition coefficient (Wildman–Crippen LogP) is 2.47. The zero-order valence-corrected chi connectivity index (χ0v) is 12.2. The van der Waals surface area contributed by atoms with Gasteiger partial charge in [-0.3, -0.25) is 4.79 Å². The van der Waals surface area contributed by atoms with Crippen molar-refractivity contribution in [2.45, 2.75) is 13.0 Å². The van der Waals surface area contributed by atoms with E-state index in [0.29, 0.717) is 13.2 Å². The lowest BCUT2D eigenvalue weighted by Crippen LogP contribution is -2.22. The van der Waals surface area contributed by atoms with Crippen molar-refractivity contribution in [1.82, 2.24) is 4.57 Å². The maximum absolute atomic E-state index is 12.1. The Hall–Kier alpha value is -2.06. The number of fused-ring (bicyclic) bond motifs is 1. The van der Waals surface area contributed by atoms with E-state index in [0.717, 1.165) is 27.8 Å². The summed E-state index contributed by atoms with van der Waals surface area (Å²) in [6, 6.07) is 9.14. The first-order chi connectivity index (χ1) is 9.69. The van der Waals surface area contributed by atoms with Crippen LogP contribution in [0.1, 0.15) is 16.7 Å². The van der Waals surface area contributed by atoms with Crippen LogP contribution in [0.25, 0.3) is 0 Å². The van der Waals surface area contributed by atoms with Crippen LogP contribution in [0, 0.1) is 11.3 Å². The van der Waals surface area contributed by atoms with Crippen molar-refractivity contribution in [3.05, 3.63) is 62.0 Å². The van der Waals surface area contributed by atoms with Crippen LogP contribution in [0.5, 0.6) is 5.75 Å². The summed E-state index contributed by atoms with van der Waals surface area (Å²) in [4.78, 5) is 12.1. The summed E-state index contributed by atoms with van der Waals surface area (Å²) in [5.41, 5.74) is 1.98. The van der Waals surface area contributed by atoms with Crippen molar-refractivity contribution in [3.8, 4) is 11.8 Å². The number of hydrogen-bond acceptors (Lipinski definition) is 3. The molecule has 100 valence electrons. The molecular weight excluding hydrogens is 320 g/mol. The van der Waals surface area contributed by atoms with Crippen LogP contribution >= 0.6 is 15.9 Å². The van der Waals surface area contributed by atoms with Crippen LogP contribution in [0.3, 0.4) is 0 Å². The second-order valence-electron chi connectivity index (χ2n) is 4.62. The van der Waals surface area contributed by atoms with Crippen molar-refractivity contribution < 1.29 is 4.74 Å². The Labute approximate surface area is 124 Å². The Morgan fingerprint density at radius 2 is 2.30 bits per heavy atom. The third kappa shape index (κ3) is 2.23. The van der Waals surface area contributed by atoms with Gasteiger partial charge < -0.3 is 9.30 Å². The highest BCUT2D eigenvalue weighted by Crippen LogP contribution is 2.33. The zero-order chi connectivity index (χ0) is 14.1. The van der Waals surface area contributed by atoms with Crippen LogP contribution in [-0.4, -0.2) is 11.2 Å². The van der Waals surface area contributed by atoms with Crippen LogP contribution in [0.4, 0.5) is 0 Å². The Balaban J connectivity index is 2.05. The number of nitriles is 1. The molecule has 1 aromatic heterocycles. The Bertz CT molecular complexity index is 774. The minimum absolute atomic E-state index is 0.153. The maximum Gasteiger partial charge on any atom is 0.268 e. The molecule has 0 saturated heterocycles. The number of ether oxygens (including phenoxy) is 1. The van der Waals surface area contributed by atoms with Crippen molar-refractivity contribution in [1.29, 1.82) is 5.26 Å². The summed E-state index contributed by atoms with van der Waals surface area (Å²) in [6.07, 6.45) is 2.57. The molecule has 2 heterocycles. The third-order valence-electron chi connectivity index (χ3n) is 3.31. The number of halogens is 1. The van der Waals surface area contributed by atoms with E-state index in [9.17, 15) is 4.79 Å². The van der Waals surface area contributed by atoms with Crippen LogP contribution < -0.4 is 10.3 Å². The monoisotopic (exact) mass is 330 g/mol. The van der Waals surface area contributed by atoms with Gasteiger partial charge in [-0.15, -0.1) is 0 Å². The molecule has 0 aliphatic carbocycles. The number of nitrogens with zero attached hydrogens (tertiary/aromatic N) is 2. The van der Waals surface area contributed by atoms with E-state index in [4.69, 9.17) is 10.00 Å². The molecule has 0 radical (unpaired) electrons.